The van der Waals surface area contributed by atoms with Crippen molar-refractivity contribution < 1.29 is 14.3 Å². The minimum atomic E-state index is -0.391. The first-order valence-corrected chi connectivity index (χ1v) is 14.8. The molecule has 0 aliphatic heterocycles. The van der Waals surface area contributed by atoms with Crippen LogP contribution in [0.3, 0.4) is 0 Å². The second kappa shape index (κ2) is 20.1. The van der Waals surface area contributed by atoms with Crippen molar-refractivity contribution in [1.29, 1.82) is 0 Å². The lowest BCUT2D eigenvalue weighted by Gasteiger charge is -2.05. The zero-order valence-electron chi connectivity index (χ0n) is 23.7. The molecule has 1 N–H and O–H groups in total. The van der Waals surface area contributed by atoms with Crippen molar-refractivity contribution in [2.45, 2.75) is 117 Å². The van der Waals surface area contributed by atoms with Crippen molar-refractivity contribution in [3.63, 3.8) is 0 Å². The van der Waals surface area contributed by atoms with E-state index in [1.165, 1.54) is 83.5 Å². The molecule has 0 bridgehead atoms. The van der Waals surface area contributed by atoms with E-state index in [2.05, 4.69) is 17.5 Å². The number of benzene rings is 2. The average Bonchev–Trinajstić information content (AvgIpc) is 2.92. The van der Waals surface area contributed by atoms with E-state index in [0.29, 0.717) is 17.7 Å². The van der Waals surface area contributed by atoms with Crippen molar-refractivity contribution in [3.05, 3.63) is 65.2 Å². The van der Waals surface area contributed by atoms with Gasteiger partial charge < -0.3 is 4.74 Å². The first kappa shape index (κ1) is 31.3. The topological polar surface area (TPSA) is 67.8 Å². The molecule has 0 saturated carbocycles. The molecule has 0 heterocycles. The van der Waals surface area contributed by atoms with Gasteiger partial charge in [-0.3, -0.25) is 4.79 Å². The first-order chi connectivity index (χ1) is 18.6. The minimum Gasteiger partial charge on any atom is -0.423 e. The standard InChI is InChI=1S/C33H48N2O3/c1-3-4-5-6-7-8-9-10-11-12-13-14-15-16-17-18-32(36)35-34-27-29-21-25-31(26-22-29)38-33(37)30-23-19-28(2)20-24-30/h19-27H,3-18H2,1-2H3,(H,35,36). The molecule has 5 heteroatoms. The van der Waals surface area contributed by atoms with E-state index in [1.807, 2.05) is 19.1 Å². The molecule has 0 atom stereocenters. The molecular weight excluding hydrogens is 472 g/mol. The van der Waals surface area contributed by atoms with Gasteiger partial charge in [-0.05, 0) is 55.3 Å². The van der Waals surface area contributed by atoms with Crippen LogP contribution in [-0.4, -0.2) is 18.1 Å². The van der Waals surface area contributed by atoms with E-state index < -0.39 is 5.97 Å². The van der Waals surface area contributed by atoms with Crippen LogP contribution in [0.15, 0.2) is 53.6 Å². The predicted octanol–water partition coefficient (Wildman–Crippen LogP) is 8.93. The van der Waals surface area contributed by atoms with Gasteiger partial charge in [0.15, 0.2) is 0 Å². The van der Waals surface area contributed by atoms with Crippen molar-refractivity contribution in [2.24, 2.45) is 5.10 Å². The van der Waals surface area contributed by atoms with Gasteiger partial charge in [0.25, 0.3) is 0 Å². The molecule has 0 aromatic heterocycles. The Morgan fingerprint density at radius 3 is 1.74 bits per heavy atom. The lowest BCUT2D eigenvalue weighted by Crippen LogP contribution is -2.16. The van der Waals surface area contributed by atoms with Gasteiger partial charge in [-0.1, -0.05) is 115 Å². The Hall–Kier alpha value is -2.95. The zero-order valence-corrected chi connectivity index (χ0v) is 23.7. The van der Waals surface area contributed by atoms with Crippen LogP contribution in [0, 0.1) is 6.92 Å². The highest BCUT2D eigenvalue weighted by atomic mass is 16.5. The monoisotopic (exact) mass is 520 g/mol. The summed E-state index contributed by atoms with van der Waals surface area (Å²) in [6.07, 6.45) is 21.8. The predicted molar refractivity (Wildman–Crippen MR) is 158 cm³/mol. The summed E-state index contributed by atoms with van der Waals surface area (Å²) < 4.78 is 5.40. The SMILES string of the molecule is CCCCCCCCCCCCCCCCCC(=O)NN=Cc1ccc(OC(=O)c2ccc(C)cc2)cc1. The lowest BCUT2D eigenvalue weighted by molar-refractivity contribution is -0.121. The number of nitrogens with one attached hydrogen (secondary N) is 1. The van der Waals surface area contributed by atoms with E-state index in [-0.39, 0.29) is 5.91 Å². The van der Waals surface area contributed by atoms with Crippen molar-refractivity contribution in [1.82, 2.24) is 5.43 Å². The number of ether oxygens (including phenoxy) is 1. The summed E-state index contributed by atoms with van der Waals surface area (Å²) in [7, 11) is 0. The van der Waals surface area contributed by atoms with Crippen LogP contribution in [0.2, 0.25) is 0 Å². The summed E-state index contributed by atoms with van der Waals surface area (Å²) in [5.41, 5.74) is 5.01. The van der Waals surface area contributed by atoms with Crippen LogP contribution in [0.4, 0.5) is 0 Å². The van der Waals surface area contributed by atoms with E-state index in [9.17, 15) is 9.59 Å². The number of hydrogen-bond donors (Lipinski definition) is 1. The van der Waals surface area contributed by atoms with Gasteiger partial charge in [0.2, 0.25) is 5.91 Å². The van der Waals surface area contributed by atoms with Gasteiger partial charge in [-0.15, -0.1) is 0 Å². The third-order valence-corrected chi connectivity index (χ3v) is 6.79. The third kappa shape index (κ3) is 14.7. The molecule has 5 nitrogen and oxygen atoms in total. The smallest absolute Gasteiger partial charge is 0.343 e. The quantitative estimate of drug-likeness (QED) is 0.0623. The fraction of sp³-hybridized carbons (Fsp3) is 0.545. The van der Waals surface area contributed by atoms with Gasteiger partial charge in [-0.2, -0.15) is 5.10 Å². The summed E-state index contributed by atoms with van der Waals surface area (Å²) in [5.74, 6) is 0.0157. The van der Waals surface area contributed by atoms with Crippen LogP contribution < -0.4 is 10.2 Å². The molecule has 0 aliphatic rings. The number of hydrazone groups is 1. The van der Waals surface area contributed by atoms with Crippen LogP contribution in [-0.2, 0) is 4.79 Å². The fourth-order valence-corrected chi connectivity index (χ4v) is 4.37. The number of carbonyl (C=O) groups excluding carboxylic acids is 2. The number of esters is 1. The molecular formula is C33H48N2O3. The molecule has 2 aromatic rings. The summed E-state index contributed by atoms with van der Waals surface area (Å²) >= 11 is 0. The van der Waals surface area contributed by atoms with Gasteiger partial charge in [0.1, 0.15) is 5.75 Å². The van der Waals surface area contributed by atoms with E-state index in [4.69, 9.17) is 4.74 Å². The van der Waals surface area contributed by atoms with Crippen molar-refractivity contribution in [3.8, 4) is 5.75 Å². The van der Waals surface area contributed by atoms with Gasteiger partial charge in [0.05, 0.1) is 11.8 Å². The lowest BCUT2D eigenvalue weighted by atomic mass is 10.0. The molecule has 0 unspecified atom stereocenters. The van der Waals surface area contributed by atoms with E-state index >= 15 is 0 Å². The number of carbonyl (C=O) groups is 2. The molecule has 38 heavy (non-hydrogen) atoms. The first-order valence-electron chi connectivity index (χ1n) is 14.8. The van der Waals surface area contributed by atoms with Gasteiger partial charge >= 0.3 is 5.97 Å². The maximum atomic E-state index is 12.2. The maximum absolute atomic E-state index is 12.2. The molecule has 0 spiro atoms. The zero-order chi connectivity index (χ0) is 27.3. The molecule has 1 amide bonds. The van der Waals surface area contributed by atoms with Crippen molar-refractivity contribution in [2.75, 3.05) is 0 Å². The van der Waals surface area contributed by atoms with Crippen LogP contribution in [0.5, 0.6) is 5.75 Å². The Balaban J connectivity index is 1.46. The number of hydrogen-bond acceptors (Lipinski definition) is 4. The van der Waals surface area contributed by atoms with Crippen LogP contribution >= 0.6 is 0 Å². The Morgan fingerprint density at radius 2 is 1.21 bits per heavy atom. The summed E-state index contributed by atoms with van der Waals surface area (Å²) in [5, 5.41) is 4.04. The van der Waals surface area contributed by atoms with Crippen molar-refractivity contribution >= 4 is 18.1 Å². The molecule has 0 radical (unpaired) electrons. The molecule has 2 rings (SSSR count). The highest BCUT2D eigenvalue weighted by molar-refractivity contribution is 5.91. The average molecular weight is 521 g/mol. The minimum absolute atomic E-state index is 0.0559. The molecule has 0 fully saturated rings. The highest BCUT2D eigenvalue weighted by Gasteiger charge is 2.08. The Morgan fingerprint density at radius 1 is 0.711 bits per heavy atom. The molecule has 0 saturated heterocycles. The molecule has 0 aliphatic carbocycles. The number of nitrogens with zero attached hydrogens (tertiary/aromatic N) is 1. The number of rotatable bonds is 20. The fourth-order valence-electron chi connectivity index (χ4n) is 4.37. The van der Waals surface area contributed by atoms with E-state index in [0.717, 1.165) is 24.0 Å². The number of aryl methyl sites for hydroxylation is 1. The third-order valence-electron chi connectivity index (χ3n) is 6.79. The van der Waals surface area contributed by atoms with Crippen LogP contribution in [0.1, 0.15) is 131 Å². The second-order valence-corrected chi connectivity index (χ2v) is 10.3. The summed E-state index contributed by atoms with van der Waals surface area (Å²) in [6, 6.07) is 14.3. The van der Waals surface area contributed by atoms with Gasteiger partial charge in [0, 0.05) is 6.42 Å². The molecule has 208 valence electrons. The van der Waals surface area contributed by atoms with Crippen LogP contribution in [0.25, 0.3) is 0 Å². The largest absolute Gasteiger partial charge is 0.423 e. The number of amides is 1. The summed E-state index contributed by atoms with van der Waals surface area (Å²) in [6.45, 7) is 4.24. The Kier molecular flexibility index (Phi) is 16.5. The Labute approximate surface area is 230 Å². The Bertz CT molecular complexity index is 936. The second-order valence-electron chi connectivity index (χ2n) is 10.3. The summed E-state index contributed by atoms with van der Waals surface area (Å²) in [4.78, 5) is 24.2. The molecule has 2 aromatic carbocycles. The highest BCUT2D eigenvalue weighted by Crippen LogP contribution is 2.15. The van der Waals surface area contributed by atoms with Gasteiger partial charge in [-0.25, -0.2) is 10.2 Å². The maximum Gasteiger partial charge on any atom is 0.343 e. The number of unbranched alkanes of at least 4 members (excludes halogenated alkanes) is 14. The normalized spacial score (nSPS) is 11.1. The van der Waals surface area contributed by atoms with E-state index in [1.54, 1.807) is 42.6 Å².